The highest BCUT2D eigenvalue weighted by molar-refractivity contribution is 6.07. The number of hydrogen-bond donors (Lipinski definition) is 4. The van der Waals surface area contributed by atoms with Crippen LogP contribution in [0.25, 0.3) is 0 Å². The summed E-state index contributed by atoms with van der Waals surface area (Å²) >= 11 is 0. The SMILES string of the molecule is COc1ccc(C(=O)N2CCC3(CCN(CCCN4CCC(N=Cc5cc(NC(=O)c6cccc(C(F)(F)F)n6)c(C(C)(C)O)cc5N)CC4)CC3)CC2)cc1N1CCC(=O)NC1=O. The summed E-state index contributed by atoms with van der Waals surface area (Å²) in [5, 5.41) is 15.8. The number of nitrogen functional groups attached to an aromatic ring is 1. The van der Waals surface area contributed by atoms with Crippen molar-refractivity contribution in [2.24, 2.45) is 10.4 Å². The summed E-state index contributed by atoms with van der Waals surface area (Å²) in [6.07, 6.45) is 4.07. The molecule has 4 fully saturated rings. The maximum atomic E-state index is 13.7. The lowest BCUT2D eigenvalue weighted by molar-refractivity contribution is -0.141. The molecule has 1 spiro atoms. The Labute approximate surface area is 371 Å². The molecule has 0 bridgehead atoms. The first kappa shape index (κ1) is 46.4. The Morgan fingerprint density at radius 1 is 0.969 bits per heavy atom. The maximum absolute atomic E-state index is 13.7. The summed E-state index contributed by atoms with van der Waals surface area (Å²) in [7, 11) is 1.51. The van der Waals surface area contributed by atoms with Crippen molar-refractivity contribution in [2.45, 2.75) is 83.0 Å². The molecule has 0 atom stereocenters. The van der Waals surface area contributed by atoms with Gasteiger partial charge in [0.05, 0.1) is 24.4 Å². The number of methoxy groups -OCH3 is 1. The van der Waals surface area contributed by atoms with E-state index in [9.17, 15) is 37.5 Å². The number of carbonyl (C=O) groups excluding carboxylic acids is 4. The van der Waals surface area contributed by atoms with Crippen molar-refractivity contribution in [3.63, 3.8) is 0 Å². The molecule has 0 saturated carbocycles. The molecule has 15 nitrogen and oxygen atoms in total. The van der Waals surface area contributed by atoms with E-state index >= 15 is 0 Å². The fourth-order valence-corrected chi connectivity index (χ4v) is 9.20. The van der Waals surface area contributed by atoms with Crippen LogP contribution in [0.2, 0.25) is 0 Å². The molecule has 3 aromatic rings. The molecule has 344 valence electrons. The average molecular weight is 890 g/mol. The molecule has 0 unspecified atom stereocenters. The van der Waals surface area contributed by atoms with Crippen LogP contribution in [0, 0.1) is 5.41 Å². The second-order valence-corrected chi connectivity index (χ2v) is 17.9. The molecule has 64 heavy (non-hydrogen) atoms. The van der Waals surface area contributed by atoms with Gasteiger partial charge in [0.15, 0.2) is 0 Å². The Morgan fingerprint density at radius 3 is 2.28 bits per heavy atom. The molecule has 4 saturated heterocycles. The van der Waals surface area contributed by atoms with Crippen molar-refractivity contribution >= 4 is 47.0 Å². The van der Waals surface area contributed by atoms with E-state index in [2.05, 4.69) is 25.4 Å². The predicted octanol–water partition coefficient (Wildman–Crippen LogP) is 5.91. The van der Waals surface area contributed by atoms with Crippen LogP contribution in [0.15, 0.2) is 53.5 Å². The van der Waals surface area contributed by atoms with Crippen molar-refractivity contribution in [1.82, 2.24) is 25.0 Å². The second-order valence-electron chi connectivity index (χ2n) is 17.9. The molecule has 5 heterocycles. The molecule has 2 aromatic carbocycles. The van der Waals surface area contributed by atoms with Crippen molar-refractivity contribution in [2.75, 3.05) is 82.0 Å². The largest absolute Gasteiger partial charge is 0.495 e. The van der Waals surface area contributed by atoms with E-state index in [0.29, 0.717) is 46.9 Å². The van der Waals surface area contributed by atoms with Crippen LogP contribution in [0.3, 0.4) is 0 Å². The summed E-state index contributed by atoms with van der Waals surface area (Å²) in [5.41, 5.74) is 5.87. The highest BCUT2D eigenvalue weighted by Crippen LogP contribution is 2.42. The number of carbonyl (C=O) groups is 4. The van der Waals surface area contributed by atoms with E-state index in [1.165, 1.54) is 31.9 Å². The van der Waals surface area contributed by atoms with Gasteiger partial charge in [-0.25, -0.2) is 9.78 Å². The van der Waals surface area contributed by atoms with E-state index in [-0.39, 0.29) is 41.9 Å². The molecule has 7 rings (SSSR count). The molecule has 4 aliphatic heterocycles. The Morgan fingerprint density at radius 2 is 1.64 bits per heavy atom. The van der Waals surface area contributed by atoms with Crippen molar-refractivity contribution in [3.8, 4) is 5.75 Å². The Kier molecular flexibility index (Phi) is 14.0. The lowest BCUT2D eigenvalue weighted by Gasteiger charge is -2.47. The molecule has 4 aliphatic rings. The van der Waals surface area contributed by atoms with Crippen LogP contribution in [0.1, 0.15) is 103 Å². The van der Waals surface area contributed by atoms with Crippen LogP contribution < -0.4 is 26.0 Å². The number of rotatable bonds is 12. The molecule has 0 aliphatic carbocycles. The first-order chi connectivity index (χ1) is 30.4. The van der Waals surface area contributed by atoms with Gasteiger partial charge in [0, 0.05) is 73.4 Å². The third kappa shape index (κ3) is 11.0. The first-order valence-corrected chi connectivity index (χ1v) is 22.0. The quantitative estimate of drug-likeness (QED) is 0.126. The highest BCUT2D eigenvalue weighted by atomic mass is 19.4. The molecule has 1 aromatic heterocycles. The summed E-state index contributed by atoms with van der Waals surface area (Å²) in [4.78, 5) is 67.6. The molecule has 5 N–H and O–H groups in total. The van der Waals surface area contributed by atoms with Gasteiger partial charge < -0.3 is 35.6 Å². The number of ether oxygens (including phenoxy) is 1. The van der Waals surface area contributed by atoms with Gasteiger partial charge in [-0.05, 0) is 133 Å². The number of aliphatic imine (C=N–C) groups is 1. The number of urea groups is 1. The molecule has 0 radical (unpaired) electrons. The van der Waals surface area contributed by atoms with Crippen molar-refractivity contribution in [3.05, 3.63) is 76.6 Å². The number of benzene rings is 2. The zero-order chi connectivity index (χ0) is 45.8. The third-order valence-electron chi connectivity index (χ3n) is 13.1. The van der Waals surface area contributed by atoms with Gasteiger partial charge in [0.1, 0.15) is 17.1 Å². The highest BCUT2D eigenvalue weighted by Gasteiger charge is 2.39. The molecular formula is C46H58F3N9O6. The summed E-state index contributed by atoms with van der Waals surface area (Å²) in [6.45, 7) is 10.6. The zero-order valence-corrected chi connectivity index (χ0v) is 36.7. The van der Waals surface area contributed by atoms with Crippen LogP contribution in [-0.2, 0) is 16.6 Å². The minimum absolute atomic E-state index is 0.0702. The standard InChI is InChI=1S/C46H58F3N9O6/c1-44(2,63)33-28-34(50)31(26-36(33)53-41(60)35-6-4-7-39(52-35)46(47,48)49)29-51-32-10-19-55(20-11-32)17-5-18-56-22-13-45(14-23-56)15-24-57(25-16-45)42(61)30-8-9-38(64-3)37(27-30)58-21-12-40(59)54-43(58)62/h4,6-9,26-29,32,63H,5,10-25,50H2,1-3H3,(H,53,60)(H,54,59,62). The van der Waals surface area contributed by atoms with Crippen LogP contribution in [-0.4, -0.2) is 127 Å². The number of aliphatic hydroxyl groups is 1. The van der Waals surface area contributed by atoms with E-state index in [1.807, 2.05) is 4.90 Å². The molecular weight excluding hydrogens is 832 g/mol. The van der Waals surface area contributed by atoms with Gasteiger partial charge >= 0.3 is 12.2 Å². The Balaban J connectivity index is 0.841. The lowest BCUT2D eigenvalue weighted by Crippen LogP contribution is -2.50. The van der Waals surface area contributed by atoms with Crippen LogP contribution >= 0.6 is 0 Å². The monoisotopic (exact) mass is 889 g/mol. The number of aromatic nitrogens is 1. The fraction of sp³-hybridized carbons (Fsp3) is 0.522. The van der Waals surface area contributed by atoms with Crippen molar-refractivity contribution in [1.29, 1.82) is 0 Å². The van der Waals surface area contributed by atoms with Crippen molar-refractivity contribution < 1.29 is 42.2 Å². The normalized spacial score (nSPS) is 19.3. The van der Waals surface area contributed by atoms with Crippen LogP contribution in [0.5, 0.6) is 5.75 Å². The van der Waals surface area contributed by atoms with Crippen LogP contribution in [0.4, 0.5) is 35.0 Å². The predicted molar refractivity (Wildman–Crippen MR) is 237 cm³/mol. The average Bonchev–Trinajstić information content (AvgIpc) is 3.27. The van der Waals surface area contributed by atoms with Gasteiger partial charge in [0.25, 0.3) is 11.8 Å². The number of likely N-dealkylation sites (tertiary alicyclic amines) is 3. The van der Waals surface area contributed by atoms with Gasteiger partial charge in [-0.1, -0.05) is 6.07 Å². The topological polar surface area (TPSA) is 186 Å². The number of pyridine rings is 1. The smallest absolute Gasteiger partial charge is 0.433 e. The number of hydrogen-bond acceptors (Lipinski definition) is 11. The first-order valence-electron chi connectivity index (χ1n) is 22.0. The minimum atomic E-state index is -4.71. The number of amides is 5. The molecule has 5 amide bonds. The number of anilines is 3. The van der Waals surface area contributed by atoms with Gasteiger partial charge in [-0.15, -0.1) is 0 Å². The molecule has 18 heteroatoms. The summed E-state index contributed by atoms with van der Waals surface area (Å²) in [5.74, 6) is -0.795. The van der Waals surface area contributed by atoms with E-state index in [0.717, 1.165) is 96.3 Å². The lowest BCUT2D eigenvalue weighted by atomic mass is 9.71. The third-order valence-corrected chi connectivity index (χ3v) is 13.1. The second kappa shape index (κ2) is 19.3. The number of nitrogens with one attached hydrogen (secondary N) is 2. The fourth-order valence-electron chi connectivity index (χ4n) is 9.20. The Bertz CT molecular complexity index is 2240. The zero-order valence-electron chi connectivity index (χ0n) is 36.7. The number of alkyl halides is 3. The summed E-state index contributed by atoms with van der Waals surface area (Å²) in [6, 6.07) is 10.9. The van der Waals surface area contributed by atoms with Gasteiger partial charge in [-0.3, -0.25) is 29.6 Å². The minimum Gasteiger partial charge on any atom is -0.495 e. The van der Waals surface area contributed by atoms with Gasteiger partial charge in [0.2, 0.25) is 5.91 Å². The number of nitrogens with two attached hydrogens (primary N) is 1. The van der Waals surface area contributed by atoms with Gasteiger partial charge in [-0.2, -0.15) is 13.2 Å². The van der Waals surface area contributed by atoms with E-state index in [1.54, 1.807) is 36.5 Å². The summed E-state index contributed by atoms with van der Waals surface area (Å²) < 4.78 is 45.2. The number of imide groups is 1. The van der Waals surface area contributed by atoms with E-state index < -0.39 is 35.1 Å². The Hall–Kier alpha value is -5.59. The van der Waals surface area contributed by atoms with E-state index in [4.69, 9.17) is 15.5 Å². The number of halogens is 3. The maximum Gasteiger partial charge on any atom is 0.433 e. The number of nitrogens with zero attached hydrogens (tertiary/aromatic N) is 6. The number of piperidine rings is 3.